The van der Waals surface area contributed by atoms with Crippen LogP contribution in [0.25, 0.3) is 44.0 Å². The van der Waals surface area contributed by atoms with Crippen molar-refractivity contribution in [2.45, 2.75) is 38.6 Å². The third-order valence-electron chi connectivity index (χ3n) is 7.94. The molecular formula is C30H28FN5O4S. The van der Waals surface area contributed by atoms with E-state index in [4.69, 9.17) is 0 Å². The molecule has 1 aliphatic rings. The molecule has 0 unspecified atom stereocenters. The molecule has 0 amide bonds. The average molecular weight is 574 g/mol. The van der Waals surface area contributed by atoms with Crippen molar-refractivity contribution < 1.29 is 16.5 Å². The maximum absolute atomic E-state index is 14.2. The number of benzene rings is 2. The quantitative estimate of drug-likeness (QED) is 0.274. The van der Waals surface area contributed by atoms with Crippen molar-refractivity contribution in [1.82, 2.24) is 19.4 Å². The highest BCUT2D eigenvalue weighted by molar-refractivity contribution is 7.81. The number of piperidine rings is 1. The summed E-state index contributed by atoms with van der Waals surface area (Å²) in [4.78, 5) is 24.0. The number of nitrogens with zero attached hydrogens (tertiary/aromatic N) is 4. The molecule has 0 saturated carbocycles. The first-order valence-electron chi connectivity index (χ1n) is 13.4. The van der Waals surface area contributed by atoms with Crippen molar-refractivity contribution in [3.63, 3.8) is 0 Å². The fourth-order valence-electron chi connectivity index (χ4n) is 5.99. The van der Waals surface area contributed by atoms with Crippen LogP contribution in [0.1, 0.15) is 49.8 Å². The first kappa shape index (κ1) is 26.9. The lowest BCUT2D eigenvalue weighted by atomic mass is 9.90. The molecule has 6 rings (SSSR count). The van der Waals surface area contributed by atoms with Crippen LogP contribution in [0.4, 0.5) is 3.89 Å². The Labute approximate surface area is 236 Å². The number of nitrogens with one attached hydrogen (secondary N) is 1. The van der Waals surface area contributed by atoms with Crippen LogP contribution in [0.5, 0.6) is 5.75 Å². The van der Waals surface area contributed by atoms with Crippen LogP contribution < -0.4 is 9.61 Å². The van der Waals surface area contributed by atoms with Gasteiger partial charge in [0, 0.05) is 34.1 Å². The summed E-state index contributed by atoms with van der Waals surface area (Å²) in [5.74, 6) is -0.246. The van der Waals surface area contributed by atoms with Crippen LogP contribution in [-0.4, -0.2) is 48.0 Å². The lowest BCUT2D eigenvalue weighted by molar-refractivity contribution is 0.226. The fraction of sp³-hybridized carbons (Fsp3) is 0.300. The van der Waals surface area contributed by atoms with E-state index >= 15 is 0 Å². The number of likely N-dealkylation sites (tertiary alicyclic amines) is 1. The maximum Gasteiger partial charge on any atom is 0.488 e. The molecule has 0 atom stereocenters. The number of rotatable bonds is 5. The second kappa shape index (κ2) is 9.98. The molecule has 2 aromatic carbocycles. The zero-order chi connectivity index (χ0) is 29.1. The zero-order valence-corrected chi connectivity index (χ0v) is 23.6. The molecule has 1 saturated heterocycles. The number of aromatic amines is 1. The highest BCUT2D eigenvalue weighted by Crippen LogP contribution is 2.38. The monoisotopic (exact) mass is 573 g/mol. The van der Waals surface area contributed by atoms with E-state index in [-0.39, 0.29) is 23.1 Å². The van der Waals surface area contributed by atoms with Gasteiger partial charge in [-0.1, -0.05) is 23.8 Å². The van der Waals surface area contributed by atoms with Gasteiger partial charge in [0.1, 0.15) is 5.65 Å². The molecule has 5 aromatic rings. The molecule has 1 N–H and O–H groups in total. The number of H-pyrrole nitrogens is 1. The zero-order valence-electron chi connectivity index (χ0n) is 22.8. The number of pyridine rings is 2. The number of aromatic nitrogens is 3. The van der Waals surface area contributed by atoms with Gasteiger partial charge < -0.3 is 18.6 Å². The number of hydrogen-bond acceptors (Lipinski definition) is 7. The molecule has 0 radical (unpaired) electrons. The van der Waals surface area contributed by atoms with E-state index in [1.54, 1.807) is 18.3 Å². The second-order valence-electron chi connectivity index (χ2n) is 11.0. The van der Waals surface area contributed by atoms with Crippen LogP contribution >= 0.6 is 0 Å². The highest BCUT2D eigenvalue weighted by Gasteiger charge is 2.26. The van der Waals surface area contributed by atoms with Gasteiger partial charge in [-0.05, 0) is 80.4 Å². The Morgan fingerprint density at radius 2 is 1.88 bits per heavy atom. The van der Waals surface area contributed by atoms with Gasteiger partial charge in [-0.2, -0.15) is 13.7 Å². The fourth-order valence-corrected chi connectivity index (χ4v) is 6.31. The molecule has 41 heavy (non-hydrogen) atoms. The molecule has 3 aromatic heterocycles. The number of nitriles is 1. The number of hydrogen-bond donors (Lipinski definition) is 1. The number of halogens is 1. The van der Waals surface area contributed by atoms with Crippen molar-refractivity contribution >= 4 is 43.3 Å². The molecular weight excluding hydrogens is 545 g/mol. The van der Waals surface area contributed by atoms with Gasteiger partial charge in [0.05, 0.1) is 28.7 Å². The topological polar surface area (TPSA) is 121 Å². The molecule has 11 heteroatoms. The average Bonchev–Trinajstić information content (AvgIpc) is 3.31. The van der Waals surface area contributed by atoms with Crippen molar-refractivity contribution in [3.8, 4) is 22.9 Å². The minimum atomic E-state index is -5.22. The minimum Gasteiger partial charge on any atom is -0.357 e. The maximum atomic E-state index is 14.2. The summed E-state index contributed by atoms with van der Waals surface area (Å²) in [6, 6.07) is 12.9. The third-order valence-corrected chi connectivity index (χ3v) is 8.33. The van der Waals surface area contributed by atoms with Crippen LogP contribution in [-0.2, 0) is 10.5 Å². The van der Waals surface area contributed by atoms with Gasteiger partial charge in [0.2, 0.25) is 0 Å². The van der Waals surface area contributed by atoms with Crippen molar-refractivity contribution in [3.05, 3.63) is 70.1 Å². The Kier molecular flexibility index (Phi) is 6.55. The largest absolute Gasteiger partial charge is 0.488 e. The molecule has 0 bridgehead atoms. The van der Waals surface area contributed by atoms with E-state index in [0.717, 1.165) is 59.7 Å². The molecule has 1 fully saturated rings. The van der Waals surface area contributed by atoms with Gasteiger partial charge in [0.15, 0.2) is 11.2 Å². The summed E-state index contributed by atoms with van der Waals surface area (Å²) in [7, 11) is -3.13. The Hall–Kier alpha value is -4.27. The highest BCUT2D eigenvalue weighted by atomic mass is 32.3. The second-order valence-corrected chi connectivity index (χ2v) is 11.9. The van der Waals surface area contributed by atoms with Crippen LogP contribution in [0.3, 0.4) is 0 Å². The van der Waals surface area contributed by atoms with Gasteiger partial charge in [0.25, 0.3) is 0 Å². The first-order valence-corrected chi connectivity index (χ1v) is 14.7. The SMILES string of the molecule is CC(C)c1cc2c(=O)c3c4ccc(C#N)cc4[nH]c3n(C3CCN(C)CC3)c2cc1-c1cncc(OS(=O)(=O)F)c1. The van der Waals surface area contributed by atoms with Gasteiger partial charge in [-0.3, -0.25) is 9.78 Å². The van der Waals surface area contributed by atoms with Gasteiger partial charge >= 0.3 is 10.5 Å². The Morgan fingerprint density at radius 3 is 2.56 bits per heavy atom. The minimum absolute atomic E-state index is 0.00286. The van der Waals surface area contributed by atoms with E-state index in [1.807, 2.05) is 32.0 Å². The van der Waals surface area contributed by atoms with Gasteiger partial charge in [-0.25, -0.2) is 0 Å². The Morgan fingerprint density at radius 1 is 1.12 bits per heavy atom. The lowest BCUT2D eigenvalue weighted by Crippen LogP contribution is -2.32. The summed E-state index contributed by atoms with van der Waals surface area (Å²) >= 11 is 0. The summed E-state index contributed by atoms with van der Waals surface area (Å²) in [6.07, 6.45) is 4.45. The third kappa shape index (κ3) is 4.83. The van der Waals surface area contributed by atoms with Crippen LogP contribution in [0, 0.1) is 11.3 Å². The molecule has 9 nitrogen and oxygen atoms in total. The summed E-state index contributed by atoms with van der Waals surface area (Å²) in [5.41, 5.74) is 4.68. The number of fused-ring (bicyclic) bond motifs is 4. The summed E-state index contributed by atoms with van der Waals surface area (Å²) in [6.45, 7) is 5.81. The van der Waals surface area contributed by atoms with E-state index < -0.39 is 10.5 Å². The summed E-state index contributed by atoms with van der Waals surface area (Å²) in [5, 5.41) is 11.4. The van der Waals surface area contributed by atoms with Crippen molar-refractivity contribution in [1.29, 1.82) is 5.26 Å². The van der Waals surface area contributed by atoms with Crippen LogP contribution in [0.2, 0.25) is 0 Å². The Bertz CT molecular complexity index is 2050. The standard InChI is InChI=1S/C30H28FN5O4S/c1-17(2)23-12-25-27(13-24(23)19-11-21(16-33-15-19)40-41(31,38)39)36(20-6-8-35(3)9-7-20)30-28(29(25)37)22-5-4-18(14-32)10-26(22)34-30/h4-5,10-13,15-17,20,34H,6-9H2,1-3H3. The van der Waals surface area contributed by atoms with Gasteiger partial charge in [-0.15, -0.1) is 0 Å². The normalized spacial score (nSPS) is 15.2. The summed E-state index contributed by atoms with van der Waals surface area (Å²) < 4.78 is 42.2. The molecule has 1 aliphatic heterocycles. The smallest absolute Gasteiger partial charge is 0.357 e. The predicted octanol–water partition coefficient (Wildman–Crippen LogP) is 5.55. The van der Waals surface area contributed by atoms with Crippen molar-refractivity contribution in [2.24, 2.45) is 0 Å². The van der Waals surface area contributed by atoms with E-state index in [2.05, 4.69) is 36.7 Å². The van der Waals surface area contributed by atoms with E-state index in [1.165, 1.54) is 6.07 Å². The molecule has 4 heterocycles. The van der Waals surface area contributed by atoms with Crippen molar-refractivity contribution in [2.75, 3.05) is 20.1 Å². The first-order chi connectivity index (χ1) is 19.5. The molecule has 0 aliphatic carbocycles. The molecule has 0 spiro atoms. The lowest BCUT2D eigenvalue weighted by Gasteiger charge is -2.32. The predicted molar refractivity (Wildman–Crippen MR) is 156 cm³/mol. The van der Waals surface area contributed by atoms with Crippen LogP contribution in [0.15, 0.2) is 53.6 Å². The van der Waals surface area contributed by atoms with E-state index in [0.29, 0.717) is 27.5 Å². The Balaban J connectivity index is 1.70. The molecule has 210 valence electrons. The van der Waals surface area contributed by atoms with E-state index in [9.17, 15) is 22.4 Å².